The van der Waals surface area contributed by atoms with E-state index in [2.05, 4.69) is 15.3 Å². The largest absolute Gasteiger partial charge is 0.451 e. The fourth-order valence-corrected chi connectivity index (χ4v) is 1.40. The van der Waals surface area contributed by atoms with E-state index in [-0.39, 0.29) is 18.2 Å². The second kappa shape index (κ2) is 6.53. The number of anilines is 2. The monoisotopic (exact) mass is 279 g/mol. The van der Waals surface area contributed by atoms with Crippen molar-refractivity contribution in [2.75, 3.05) is 17.3 Å². The van der Waals surface area contributed by atoms with Crippen molar-refractivity contribution in [2.45, 2.75) is 32.0 Å². The van der Waals surface area contributed by atoms with Gasteiger partial charge in [0.25, 0.3) is 0 Å². The summed E-state index contributed by atoms with van der Waals surface area (Å²) in [5, 5.41) is 12.1. The van der Waals surface area contributed by atoms with E-state index in [1.807, 2.05) is 12.3 Å². The maximum atomic E-state index is 12.5. The van der Waals surface area contributed by atoms with Crippen LogP contribution in [0.15, 0.2) is 6.07 Å². The number of hydrazine groups is 1. The lowest BCUT2D eigenvalue weighted by molar-refractivity contribution is -0.144. The number of alkyl halides is 3. The molecule has 108 valence electrons. The predicted octanol–water partition coefficient (Wildman–Crippen LogP) is 1.35. The number of nitrogens with two attached hydrogens (primary N) is 1. The van der Waals surface area contributed by atoms with Crippen LogP contribution in [0.2, 0.25) is 0 Å². The van der Waals surface area contributed by atoms with Gasteiger partial charge in [0.15, 0.2) is 0 Å². The Morgan fingerprint density at radius 2 is 2.00 bits per heavy atom. The van der Waals surface area contributed by atoms with E-state index in [0.717, 1.165) is 6.42 Å². The molecule has 1 unspecified atom stereocenters. The van der Waals surface area contributed by atoms with Crippen LogP contribution < -0.4 is 16.6 Å². The first-order valence-electron chi connectivity index (χ1n) is 5.71. The van der Waals surface area contributed by atoms with Crippen LogP contribution in [0, 0.1) is 0 Å². The molecular formula is C10H16F3N5O. The maximum absolute atomic E-state index is 12.5. The van der Waals surface area contributed by atoms with Crippen LogP contribution in [0.5, 0.6) is 0 Å². The Bertz CT molecular complexity index is 413. The molecule has 0 radical (unpaired) electrons. The molecule has 0 aliphatic heterocycles. The Balaban J connectivity index is 2.83. The van der Waals surface area contributed by atoms with Crippen LogP contribution in [0.4, 0.5) is 24.8 Å². The number of nitrogen functional groups attached to an aromatic ring is 1. The van der Waals surface area contributed by atoms with Gasteiger partial charge >= 0.3 is 6.18 Å². The first-order valence-corrected chi connectivity index (χ1v) is 5.71. The zero-order chi connectivity index (χ0) is 14.5. The van der Waals surface area contributed by atoms with Crippen molar-refractivity contribution < 1.29 is 18.3 Å². The average Bonchev–Trinajstić information content (AvgIpc) is 2.35. The van der Waals surface area contributed by atoms with Crippen molar-refractivity contribution in [2.24, 2.45) is 5.84 Å². The third-order valence-corrected chi connectivity index (χ3v) is 2.27. The van der Waals surface area contributed by atoms with Gasteiger partial charge in [-0.25, -0.2) is 15.8 Å². The molecule has 6 nitrogen and oxygen atoms in total. The lowest BCUT2D eigenvalue weighted by atomic mass is 10.2. The molecule has 0 aliphatic rings. The molecule has 1 aromatic rings. The summed E-state index contributed by atoms with van der Waals surface area (Å²) >= 11 is 0. The Hall–Kier alpha value is -1.61. The van der Waals surface area contributed by atoms with Gasteiger partial charge in [-0.1, -0.05) is 13.3 Å². The van der Waals surface area contributed by atoms with E-state index in [9.17, 15) is 18.3 Å². The third-order valence-electron chi connectivity index (χ3n) is 2.27. The molecule has 1 atom stereocenters. The highest BCUT2D eigenvalue weighted by Crippen LogP contribution is 2.28. The number of aromatic nitrogens is 2. The minimum atomic E-state index is -4.66. The van der Waals surface area contributed by atoms with Gasteiger partial charge in [0.1, 0.15) is 11.6 Å². The van der Waals surface area contributed by atoms with Crippen molar-refractivity contribution in [3.05, 3.63) is 11.9 Å². The highest BCUT2D eigenvalue weighted by Gasteiger charge is 2.35. The van der Waals surface area contributed by atoms with E-state index in [1.165, 1.54) is 6.07 Å². The molecule has 0 spiro atoms. The van der Waals surface area contributed by atoms with Crippen molar-refractivity contribution in [3.63, 3.8) is 0 Å². The minimum Gasteiger partial charge on any atom is -0.391 e. The normalized spacial score (nSPS) is 13.2. The molecular weight excluding hydrogens is 263 g/mol. The van der Waals surface area contributed by atoms with Crippen molar-refractivity contribution in [3.8, 4) is 0 Å². The number of nitrogens with one attached hydrogen (secondary N) is 2. The van der Waals surface area contributed by atoms with Crippen LogP contribution in [-0.2, 0) is 6.18 Å². The SMILES string of the molecule is CCCC(O)CNc1cc(NN)nc(C(F)(F)F)n1. The second-order valence-corrected chi connectivity index (χ2v) is 3.93. The molecule has 0 fully saturated rings. The Kier molecular flexibility index (Phi) is 5.31. The number of halogens is 3. The average molecular weight is 279 g/mol. The summed E-state index contributed by atoms with van der Waals surface area (Å²) in [6.07, 6.45) is -3.99. The van der Waals surface area contributed by atoms with Gasteiger partial charge in [-0.2, -0.15) is 13.2 Å². The van der Waals surface area contributed by atoms with Crippen LogP contribution in [0.25, 0.3) is 0 Å². The quantitative estimate of drug-likeness (QED) is 0.464. The van der Waals surface area contributed by atoms with Gasteiger partial charge in [-0.15, -0.1) is 0 Å². The lowest BCUT2D eigenvalue weighted by Crippen LogP contribution is -2.22. The number of aliphatic hydroxyl groups excluding tert-OH is 1. The minimum absolute atomic E-state index is 0.0505. The van der Waals surface area contributed by atoms with E-state index in [4.69, 9.17) is 5.84 Å². The molecule has 1 heterocycles. The first kappa shape index (κ1) is 15.4. The predicted molar refractivity (Wildman–Crippen MR) is 64.2 cm³/mol. The highest BCUT2D eigenvalue weighted by atomic mass is 19.4. The van der Waals surface area contributed by atoms with Crippen LogP contribution >= 0.6 is 0 Å². The molecule has 0 aliphatic carbocycles. The summed E-state index contributed by atoms with van der Waals surface area (Å²) in [6.45, 7) is 2.00. The van der Waals surface area contributed by atoms with Gasteiger partial charge < -0.3 is 15.8 Å². The number of rotatable bonds is 6. The molecule has 0 saturated carbocycles. The summed E-state index contributed by atoms with van der Waals surface area (Å²) in [7, 11) is 0. The third kappa shape index (κ3) is 4.87. The summed E-state index contributed by atoms with van der Waals surface area (Å²) in [5.74, 6) is 3.55. The molecule has 0 bridgehead atoms. The number of nitrogens with zero attached hydrogens (tertiary/aromatic N) is 2. The first-order chi connectivity index (χ1) is 8.86. The van der Waals surface area contributed by atoms with Crippen LogP contribution in [0.3, 0.4) is 0 Å². The van der Waals surface area contributed by atoms with Gasteiger partial charge in [0.2, 0.25) is 5.82 Å². The van der Waals surface area contributed by atoms with E-state index in [1.54, 1.807) is 0 Å². The Morgan fingerprint density at radius 3 is 2.53 bits per heavy atom. The van der Waals surface area contributed by atoms with Crippen LogP contribution in [-0.4, -0.2) is 27.7 Å². The molecule has 0 saturated heterocycles. The fourth-order valence-electron chi connectivity index (χ4n) is 1.40. The highest BCUT2D eigenvalue weighted by molar-refractivity contribution is 5.47. The lowest BCUT2D eigenvalue weighted by Gasteiger charge is -2.13. The number of hydrogen-bond acceptors (Lipinski definition) is 6. The zero-order valence-electron chi connectivity index (χ0n) is 10.3. The number of hydrogen-bond donors (Lipinski definition) is 4. The molecule has 5 N–H and O–H groups in total. The topological polar surface area (TPSA) is 96.1 Å². The smallest absolute Gasteiger partial charge is 0.391 e. The molecule has 19 heavy (non-hydrogen) atoms. The van der Waals surface area contributed by atoms with Gasteiger partial charge in [0.05, 0.1) is 6.10 Å². The molecule has 0 aromatic carbocycles. The summed E-state index contributed by atoms with van der Waals surface area (Å²) < 4.78 is 37.6. The van der Waals surface area contributed by atoms with Crippen LogP contribution in [0.1, 0.15) is 25.6 Å². The van der Waals surface area contributed by atoms with Crippen molar-refractivity contribution in [1.29, 1.82) is 0 Å². The van der Waals surface area contributed by atoms with E-state index in [0.29, 0.717) is 6.42 Å². The molecule has 9 heteroatoms. The standard InChI is InChI=1S/C10H16F3N5O/c1-2-3-6(19)5-15-7-4-8(18-14)17-9(16-7)10(11,12)13/h4,6,19H,2-3,5,14H2,1H3,(H2,15,16,17,18). The fraction of sp³-hybridized carbons (Fsp3) is 0.600. The molecule has 0 amide bonds. The van der Waals surface area contributed by atoms with Crippen molar-refractivity contribution >= 4 is 11.6 Å². The summed E-state index contributed by atoms with van der Waals surface area (Å²) in [6, 6.07) is 1.23. The van der Waals surface area contributed by atoms with Gasteiger partial charge in [-0.3, -0.25) is 0 Å². The molecule has 1 aromatic heterocycles. The van der Waals surface area contributed by atoms with Gasteiger partial charge in [-0.05, 0) is 6.42 Å². The Labute approximate surface area is 108 Å². The second-order valence-electron chi connectivity index (χ2n) is 3.93. The summed E-state index contributed by atoms with van der Waals surface area (Å²) in [5.41, 5.74) is 2.04. The maximum Gasteiger partial charge on any atom is 0.451 e. The van der Waals surface area contributed by atoms with E-state index >= 15 is 0 Å². The van der Waals surface area contributed by atoms with E-state index < -0.39 is 18.1 Å². The number of aliphatic hydroxyl groups is 1. The summed E-state index contributed by atoms with van der Waals surface area (Å²) in [4.78, 5) is 6.54. The van der Waals surface area contributed by atoms with Gasteiger partial charge in [0, 0.05) is 12.6 Å². The molecule has 1 rings (SSSR count). The zero-order valence-corrected chi connectivity index (χ0v) is 10.3. The van der Waals surface area contributed by atoms with Crippen molar-refractivity contribution in [1.82, 2.24) is 9.97 Å². The Morgan fingerprint density at radius 1 is 1.37 bits per heavy atom.